The predicted octanol–water partition coefficient (Wildman–Crippen LogP) is 3.61. The summed E-state index contributed by atoms with van der Waals surface area (Å²) >= 11 is 0. The van der Waals surface area contributed by atoms with Crippen LogP contribution in [0.1, 0.15) is 54.4 Å². The smallest absolute Gasteiger partial charge is 0.170 e. The SMILES string of the molecule is CC(C)P1C2(C)OC3(C)CC24CC(C)(O3)OC14C. The van der Waals surface area contributed by atoms with E-state index in [1.165, 1.54) is 0 Å². The topological polar surface area (TPSA) is 27.7 Å². The maximum absolute atomic E-state index is 6.48. The molecule has 4 aliphatic heterocycles. The minimum Gasteiger partial charge on any atom is -0.339 e. The van der Waals surface area contributed by atoms with Crippen LogP contribution in [-0.4, -0.2) is 27.9 Å². The van der Waals surface area contributed by atoms with Crippen molar-refractivity contribution < 1.29 is 14.2 Å². The molecule has 18 heavy (non-hydrogen) atoms. The van der Waals surface area contributed by atoms with Crippen LogP contribution in [0.15, 0.2) is 0 Å². The molecule has 3 nitrogen and oxygen atoms in total. The number of rotatable bonds is 1. The molecular formula is C14H23O3P. The molecule has 4 heterocycles. The second kappa shape index (κ2) is 2.70. The van der Waals surface area contributed by atoms with E-state index in [9.17, 15) is 0 Å². The number of fused-ring (bicyclic) bond motifs is 2. The minimum absolute atomic E-state index is 0.0196. The molecule has 4 atom stereocenters. The van der Waals surface area contributed by atoms with Gasteiger partial charge in [0, 0.05) is 18.3 Å². The molecule has 4 unspecified atom stereocenters. The van der Waals surface area contributed by atoms with Gasteiger partial charge in [0.15, 0.2) is 11.6 Å². The average molecular weight is 270 g/mol. The first-order valence-corrected chi connectivity index (χ1v) is 8.41. The summed E-state index contributed by atoms with van der Waals surface area (Å²) in [6.07, 6.45) is 1.99. The summed E-state index contributed by atoms with van der Waals surface area (Å²) in [5.74, 6) is -0.878. The molecule has 4 saturated heterocycles. The summed E-state index contributed by atoms with van der Waals surface area (Å²) in [7, 11) is -0.295. The van der Waals surface area contributed by atoms with Crippen LogP contribution in [0, 0.1) is 5.41 Å². The number of hydrogen-bond acceptors (Lipinski definition) is 3. The monoisotopic (exact) mass is 270 g/mol. The quantitative estimate of drug-likeness (QED) is 0.681. The Bertz CT molecular complexity index is 416. The van der Waals surface area contributed by atoms with Crippen molar-refractivity contribution >= 4 is 7.92 Å². The van der Waals surface area contributed by atoms with Crippen LogP contribution in [0.5, 0.6) is 0 Å². The molecule has 0 aliphatic carbocycles. The van der Waals surface area contributed by atoms with Gasteiger partial charge in [0.1, 0.15) is 0 Å². The van der Waals surface area contributed by atoms with E-state index in [-0.39, 0.29) is 24.0 Å². The van der Waals surface area contributed by atoms with Crippen molar-refractivity contribution in [3.63, 3.8) is 0 Å². The van der Waals surface area contributed by atoms with E-state index >= 15 is 0 Å². The van der Waals surface area contributed by atoms with E-state index in [2.05, 4.69) is 41.5 Å². The molecule has 4 aliphatic rings. The molecule has 0 N–H and O–H groups in total. The van der Waals surface area contributed by atoms with Gasteiger partial charge < -0.3 is 14.2 Å². The van der Waals surface area contributed by atoms with Crippen LogP contribution in [0.3, 0.4) is 0 Å². The van der Waals surface area contributed by atoms with Crippen LogP contribution in [-0.2, 0) is 14.2 Å². The van der Waals surface area contributed by atoms with Crippen molar-refractivity contribution in [2.24, 2.45) is 5.41 Å². The van der Waals surface area contributed by atoms with E-state index in [0.29, 0.717) is 5.66 Å². The van der Waals surface area contributed by atoms with Crippen LogP contribution in [0.4, 0.5) is 0 Å². The Morgan fingerprint density at radius 1 is 0.833 bits per heavy atom. The Labute approximate surface area is 110 Å². The summed E-state index contributed by atoms with van der Waals surface area (Å²) in [5, 5.41) is -0.0392. The van der Waals surface area contributed by atoms with Crippen LogP contribution < -0.4 is 0 Å². The molecule has 0 radical (unpaired) electrons. The third-order valence-corrected chi connectivity index (χ3v) is 9.63. The Balaban J connectivity index is 1.93. The highest BCUT2D eigenvalue weighted by molar-refractivity contribution is 7.63. The maximum Gasteiger partial charge on any atom is 0.170 e. The zero-order chi connectivity index (χ0) is 13.2. The van der Waals surface area contributed by atoms with Gasteiger partial charge >= 0.3 is 0 Å². The lowest BCUT2D eigenvalue weighted by atomic mass is 9.69. The van der Waals surface area contributed by atoms with E-state index < -0.39 is 11.6 Å². The van der Waals surface area contributed by atoms with Crippen molar-refractivity contribution in [1.29, 1.82) is 0 Å². The molecule has 4 fully saturated rings. The summed E-state index contributed by atoms with van der Waals surface area (Å²) in [5.41, 5.74) is 0.809. The van der Waals surface area contributed by atoms with Gasteiger partial charge in [0.25, 0.3) is 0 Å². The van der Waals surface area contributed by atoms with Crippen LogP contribution in [0.25, 0.3) is 0 Å². The average Bonchev–Trinajstić information content (AvgIpc) is 2.34. The van der Waals surface area contributed by atoms with Gasteiger partial charge in [0.05, 0.1) is 10.7 Å². The molecule has 3 bridgehead atoms. The second-order valence-corrected chi connectivity index (χ2v) is 10.9. The fourth-order valence-electron chi connectivity index (χ4n) is 5.82. The molecule has 1 spiro atoms. The highest BCUT2D eigenvalue weighted by atomic mass is 31.1. The van der Waals surface area contributed by atoms with E-state index in [0.717, 1.165) is 12.8 Å². The van der Waals surface area contributed by atoms with E-state index in [4.69, 9.17) is 14.2 Å². The molecule has 4 rings (SSSR count). The van der Waals surface area contributed by atoms with Gasteiger partial charge in [0.2, 0.25) is 0 Å². The largest absolute Gasteiger partial charge is 0.339 e. The first kappa shape index (κ1) is 12.1. The van der Waals surface area contributed by atoms with Gasteiger partial charge in [-0.05, 0) is 41.3 Å². The van der Waals surface area contributed by atoms with E-state index in [1.54, 1.807) is 0 Å². The van der Waals surface area contributed by atoms with Crippen LogP contribution >= 0.6 is 7.92 Å². The summed E-state index contributed by atoms with van der Waals surface area (Å²) in [6.45, 7) is 13.4. The zero-order valence-corrected chi connectivity index (χ0v) is 13.1. The first-order chi connectivity index (χ1) is 8.10. The molecule has 0 aromatic rings. The van der Waals surface area contributed by atoms with Crippen LogP contribution in [0.2, 0.25) is 0 Å². The Kier molecular flexibility index (Phi) is 1.81. The third-order valence-electron chi connectivity index (χ3n) is 5.72. The zero-order valence-electron chi connectivity index (χ0n) is 12.2. The molecule has 0 saturated carbocycles. The van der Waals surface area contributed by atoms with Crippen molar-refractivity contribution in [3.8, 4) is 0 Å². The molecule has 0 aromatic carbocycles. The molecular weight excluding hydrogens is 247 g/mol. The summed E-state index contributed by atoms with van der Waals surface area (Å²) < 4.78 is 19.1. The fraction of sp³-hybridized carbons (Fsp3) is 1.00. The summed E-state index contributed by atoms with van der Waals surface area (Å²) in [4.78, 5) is 0. The van der Waals surface area contributed by atoms with Crippen molar-refractivity contribution in [2.45, 2.75) is 82.3 Å². The Hall–Kier alpha value is 0.310. The van der Waals surface area contributed by atoms with Crippen molar-refractivity contribution in [2.75, 3.05) is 0 Å². The molecule has 0 aromatic heterocycles. The van der Waals surface area contributed by atoms with E-state index in [1.807, 2.05) is 0 Å². The van der Waals surface area contributed by atoms with Crippen molar-refractivity contribution in [1.82, 2.24) is 0 Å². The molecule has 102 valence electrons. The normalized spacial score (nSPS) is 68.5. The lowest BCUT2D eigenvalue weighted by molar-refractivity contribution is -0.347. The summed E-state index contributed by atoms with van der Waals surface area (Å²) in [6, 6.07) is 0. The van der Waals surface area contributed by atoms with Gasteiger partial charge in [-0.15, -0.1) is 0 Å². The maximum atomic E-state index is 6.48. The van der Waals surface area contributed by atoms with Gasteiger partial charge in [-0.1, -0.05) is 13.8 Å². The Morgan fingerprint density at radius 2 is 1.28 bits per heavy atom. The second-order valence-electron chi connectivity index (χ2n) is 7.44. The highest BCUT2D eigenvalue weighted by Gasteiger charge is 2.90. The van der Waals surface area contributed by atoms with Gasteiger partial charge in [-0.3, -0.25) is 0 Å². The van der Waals surface area contributed by atoms with Gasteiger partial charge in [-0.2, -0.15) is 0 Å². The number of hydrogen-bond donors (Lipinski definition) is 0. The standard InChI is InChI=1S/C14H23O3P/c1-9(2)18-12(5)14-7-10(3,16-12)15-11(4,8-14)17-13(14,18)6/h9H,7-8H2,1-6H3. The minimum atomic E-state index is -0.439. The van der Waals surface area contributed by atoms with Gasteiger partial charge in [-0.25, -0.2) is 0 Å². The predicted molar refractivity (Wildman–Crippen MR) is 70.6 cm³/mol. The van der Waals surface area contributed by atoms with Crippen molar-refractivity contribution in [3.05, 3.63) is 0 Å². The molecule has 0 amide bonds. The third kappa shape index (κ3) is 0.924. The lowest BCUT2D eigenvalue weighted by Crippen LogP contribution is -2.66. The lowest BCUT2D eigenvalue weighted by Gasteiger charge is -2.67. The Morgan fingerprint density at radius 3 is 1.67 bits per heavy atom. The highest BCUT2D eigenvalue weighted by Crippen LogP contribution is 2.94. The first-order valence-electron chi connectivity index (χ1n) is 7.00. The fourth-order valence-corrected chi connectivity index (χ4v) is 10.7. The number of ether oxygens (including phenoxy) is 3. The molecule has 4 heteroatoms.